The van der Waals surface area contributed by atoms with Crippen molar-refractivity contribution >= 4 is 5.97 Å². The van der Waals surface area contributed by atoms with E-state index in [0.29, 0.717) is 0 Å². The van der Waals surface area contributed by atoms with Crippen LogP contribution in [0.15, 0.2) is 0 Å². The van der Waals surface area contributed by atoms with Gasteiger partial charge in [-0.25, -0.2) is 0 Å². The van der Waals surface area contributed by atoms with Crippen LogP contribution in [0.4, 0.5) is 0 Å². The molecule has 76 valence electrons. The van der Waals surface area contributed by atoms with E-state index in [2.05, 4.69) is 0 Å². The number of carbonyl (C=O) groups is 1. The summed E-state index contributed by atoms with van der Waals surface area (Å²) in [5.41, 5.74) is 5.55. The van der Waals surface area contributed by atoms with Gasteiger partial charge in [0.05, 0.1) is 6.10 Å². The molecule has 0 aliphatic heterocycles. The van der Waals surface area contributed by atoms with Gasteiger partial charge in [0, 0.05) is 7.11 Å². The number of nitrogens with two attached hydrogens (primary N) is 1. The Bertz CT molecular complexity index is 184. The van der Waals surface area contributed by atoms with Crippen LogP contribution in [-0.2, 0) is 9.53 Å². The first-order valence-corrected chi connectivity index (χ1v) is 4.66. The third kappa shape index (κ3) is 2.67. The molecule has 0 aromatic heterocycles. The van der Waals surface area contributed by atoms with Crippen LogP contribution in [0.5, 0.6) is 0 Å². The Morgan fingerprint density at radius 2 is 2.31 bits per heavy atom. The zero-order valence-electron chi connectivity index (χ0n) is 7.90. The van der Waals surface area contributed by atoms with E-state index < -0.39 is 12.0 Å². The van der Waals surface area contributed by atoms with Gasteiger partial charge in [-0.3, -0.25) is 4.79 Å². The molecule has 1 fully saturated rings. The Hall–Kier alpha value is -0.610. The highest BCUT2D eigenvalue weighted by atomic mass is 16.5. The minimum absolute atomic E-state index is 0.0798. The van der Waals surface area contributed by atoms with Crippen LogP contribution in [-0.4, -0.2) is 30.3 Å². The zero-order valence-corrected chi connectivity index (χ0v) is 7.90. The first kappa shape index (κ1) is 10.5. The van der Waals surface area contributed by atoms with Crippen LogP contribution in [0.1, 0.15) is 25.7 Å². The molecule has 1 aliphatic rings. The molecule has 0 aromatic rings. The molecule has 1 rings (SSSR count). The van der Waals surface area contributed by atoms with Gasteiger partial charge in [0.25, 0.3) is 0 Å². The van der Waals surface area contributed by atoms with E-state index >= 15 is 0 Å². The van der Waals surface area contributed by atoms with Crippen molar-refractivity contribution in [3.05, 3.63) is 0 Å². The quantitative estimate of drug-likeness (QED) is 0.678. The number of aliphatic carboxylic acids is 1. The van der Waals surface area contributed by atoms with Crippen LogP contribution in [0, 0.1) is 5.92 Å². The van der Waals surface area contributed by atoms with Crippen molar-refractivity contribution in [3.63, 3.8) is 0 Å². The molecule has 0 aromatic carbocycles. The second-order valence-corrected chi connectivity index (χ2v) is 3.65. The molecule has 0 saturated heterocycles. The summed E-state index contributed by atoms with van der Waals surface area (Å²) in [6.45, 7) is 0. The highest BCUT2D eigenvalue weighted by Gasteiger charge is 2.29. The van der Waals surface area contributed by atoms with Crippen LogP contribution in [0.2, 0.25) is 0 Å². The van der Waals surface area contributed by atoms with Crippen LogP contribution < -0.4 is 5.73 Å². The summed E-state index contributed by atoms with van der Waals surface area (Å²) >= 11 is 0. The lowest BCUT2D eigenvalue weighted by Crippen LogP contribution is -2.41. The average Bonchev–Trinajstić information content (AvgIpc) is 2.16. The van der Waals surface area contributed by atoms with Crippen LogP contribution >= 0.6 is 0 Å². The largest absolute Gasteiger partial charge is 0.480 e. The normalized spacial score (nSPS) is 31.2. The molecule has 0 bridgehead atoms. The Balaban J connectivity index is 2.46. The van der Waals surface area contributed by atoms with Gasteiger partial charge in [0.1, 0.15) is 6.04 Å². The number of rotatable bonds is 3. The molecular weight excluding hydrogens is 170 g/mol. The van der Waals surface area contributed by atoms with E-state index in [4.69, 9.17) is 15.6 Å². The van der Waals surface area contributed by atoms with Crippen molar-refractivity contribution in [2.45, 2.75) is 37.8 Å². The molecule has 3 atom stereocenters. The SMILES string of the molecule is CO[C@@H]1CCC[C@@H]([C@@H](N)C(=O)O)C1. The molecule has 0 spiro atoms. The fourth-order valence-corrected chi connectivity index (χ4v) is 1.92. The smallest absolute Gasteiger partial charge is 0.320 e. The second kappa shape index (κ2) is 4.58. The minimum Gasteiger partial charge on any atom is -0.480 e. The summed E-state index contributed by atoms with van der Waals surface area (Å²) in [6, 6.07) is -0.724. The van der Waals surface area contributed by atoms with Crippen molar-refractivity contribution in [3.8, 4) is 0 Å². The monoisotopic (exact) mass is 187 g/mol. The van der Waals surface area contributed by atoms with E-state index in [-0.39, 0.29) is 12.0 Å². The Kier molecular flexibility index (Phi) is 3.69. The second-order valence-electron chi connectivity index (χ2n) is 3.65. The van der Waals surface area contributed by atoms with E-state index in [1.165, 1.54) is 0 Å². The fourth-order valence-electron chi connectivity index (χ4n) is 1.92. The molecule has 0 amide bonds. The third-order valence-electron chi connectivity index (χ3n) is 2.79. The maximum absolute atomic E-state index is 10.6. The predicted octanol–water partition coefficient (Wildman–Crippen LogP) is 0.603. The first-order chi connectivity index (χ1) is 6.15. The number of hydrogen-bond acceptors (Lipinski definition) is 3. The Labute approximate surface area is 78.1 Å². The summed E-state index contributed by atoms with van der Waals surface area (Å²) in [4.78, 5) is 10.6. The topological polar surface area (TPSA) is 72.5 Å². The Morgan fingerprint density at radius 3 is 2.85 bits per heavy atom. The summed E-state index contributed by atoms with van der Waals surface area (Å²) in [5.74, 6) is -0.821. The predicted molar refractivity (Wildman–Crippen MR) is 48.4 cm³/mol. The third-order valence-corrected chi connectivity index (χ3v) is 2.79. The molecule has 0 unspecified atom stereocenters. The van der Waals surface area contributed by atoms with Crippen molar-refractivity contribution in [2.75, 3.05) is 7.11 Å². The molecule has 1 saturated carbocycles. The number of carboxylic acid groups (broad SMARTS) is 1. The lowest BCUT2D eigenvalue weighted by molar-refractivity contribution is -0.140. The van der Waals surface area contributed by atoms with E-state index in [1.54, 1.807) is 7.11 Å². The average molecular weight is 187 g/mol. The van der Waals surface area contributed by atoms with Crippen molar-refractivity contribution in [2.24, 2.45) is 11.7 Å². The highest BCUT2D eigenvalue weighted by Crippen LogP contribution is 2.27. The molecule has 0 heterocycles. The summed E-state index contributed by atoms with van der Waals surface area (Å²) in [6.07, 6.45) is 3.94. The van der Waals surface area contributed by atoms with E-state index in [9.17, 15) is 4.79 Å². The van der Waals surface area contributed by atoms with Gasteiger partial charge in [-0.2, -0.15) is 0 Å². The van der Waals surface area contributed by atoms with Crippen LogP contribution in [0.25, 0.3) is 0 Å². The number of ether oxygens (including phenoxy) is 1. The van der Waals surface area contributed by atoms with Gasteiger partial charge in [-0.15, -0.1) is 0 Å². The van der Waals surface area contributed by atoms with E-state index in [1.807, 2.05) is 0 Å². The first-order valence-electron chi connectivity index (χ1n) is 4.66. The molecule has 0 radical (unpaired) electrons. The van der Waals surface area contributed by atoms with Crippen molar-refractivity contribution in [1.29, 1.82) is 0 Å². The molecule has 4 heteroatoms. The maximum Gasteiger partial charge on any atom is 0.320 e. The number of carboxylic acids is 1. The summed E-state index contributed by atoms with van der Waals surface area (Å²) in [7, 11) is 1.67. The van der Waals surface area contributed by atoms with Gasteiger partial charge in [0.2, 0.25) is 0 Å². The highest BCUT2D eigenvalue weighted by molar-refractivity contribution is 5.73. The Morgan fingerprint density at radius 1 is 1.62 bits per heavy atom. The molecule has 1 aliphatic carbocycles. The van der Waals surface area contributed by atoms with Gasteiger partial charge in [0.15, 0.2) is 0 Å². The zero-order chi connectivity index (χ0) is 9.84. The van der Waals surface area contributed by atoms with Gasteiger partial charge >= 0.3 is 5.97 Å². The molecule has 4 nitrogen and oxygen atoms in total. The lowest BCUT2D eigenvalue weighted by atomic mass is 9.82. The van der Waals surface area contributed by atoms with Gasteiger partial charge in [-0.1, -0.05) is 6.42 Å². The summed E-state index contributed by atoms with van der Waals surface area (Å²) < 4.78 is 5.20. The van der Waals surface area contributed by atoms with Gasteiger partial charge < -0.3 is 15.6 Å². The van der Waals surface area contributed by atoms with Gasteiger partial charge in [-0.05, 0) is 25.2 Å². The minimum atomic E-state index is -0.901. The maximum atomic E-state index is 10.6. The number of hydrogen-bond donors (Lipinski definition) is 2. The van der Waals surface area contributed by atoms with Crippen molar-refractivity contribution < 1.29 is 14.6 Å². The van der Waals surface area contributed by atoms with Crippen LogP contribution in [0.3, 0.4) is 0 Å². The molecule has 13 heavy (non-hydrogen) atoms. The lowest BCUT2D eigenvalue weighted by Gasteiger charge is -2.30. The summed E-state index contributed by atoms with van der Waals surface area (Å²) in [5, 5.41) is 8.73. The van der Waals surface area contributed by atoms with E-state index in [0.717, 1.165) is 25.7 Å². The molecular formula is C9H17NO3. The standard InChI is InChI=1S/C9H17NO3/c1-13-7-4-2-3-6(5-7)8(10)9(11)12/h6-8H,2-5,10H2,1H3,(H,11,12)/t6-,7-,8-/m1/s1. The number of methoxy groups -OCH3 is 1. The fraction of sp³-hybridized carbons (Fsp3) is 0.889. The van der Waals surface area contributed by atoms with Crippen molar-refractivity contribution in [1.82, 2.24) is 0 Å². The molecule has 3 N–H and O–H groups in total.